The van der Waals surface area contributed by atoms with Crippen molar-refractivity contribution in [2.24, 2.45) is 0 Å². The largest absolute Gasteiger partial charge is 0.478 e. The predicted octanol–water partition coefficient (Wildman–Crippen LogP) is 6.18. The Hall–Kier alpha value is -4.38. The number of benzene rings is 4. The molecule has 34 heavy (non-hydrogen) atoms. The summed E-state index contributed by atoms with van der Waals surface area (Å²) in [5.41, 5.74) is 5.29. The quantitative estimate of drug-likeness (QED) is 0.298. The summed E-state index contributed by atoms with van der Waals surface area (Å²) in [7, 11) is 0. The van der Waals surface area contributed by atoms with Gasteiger partial charge in [0.2, 0.25) is 5.95 Å². The van der Waals surface area contributed by atoms with Gasteiger partial charge in [-0.25, -0.2) is 9.78 Å². The molecule has 0 atom stereocenters. The molecule has 2 N–H and O–H groups in total. The van der Waals surface area contributed by atoms with Crippen molar-refractivity contribution in [1.82, 2.24) is 9.55 Å². The molecule has 5 nitrogen and oxygen atoms in total. The smallest absolute Gasteiger partial charge is 0.335 e. The molecule has 5 heteroatoms. The van der Waals surface area contributed by atoms with Crippen molar-refractivity contribution < 1.29 is 9.90 Å². The van der Waals surface area contributed by atoms with Crippen LogP contribution >= 0.6 is 0 Å². The lowest BCUT2D eigenvalue weighted by molar-refractivity contribution is 0.0697. The highest BCUT2D eigenvalue weighted by Crippen LogP contribution is 2.29. The monoisotopic (exact) mass is 447 g/mol. The van der Waals surface area contributed by atoms with Crippen molar-refractivity contribution in [3.63, 3.8) is 0 Å². The lowest BCUT2D eigenvalue weighted by Gasteiger charge is -2.21. The van der Waals surface area contributed by atoms with Crippen LogP contribution < -0.4 is 5.32 Å². The van der Waals surface area contributed by atoms with E-state index in [-0.39, 0.29) is 11.6 Å². The van der Waals surface area contributed by atoms with Crippen LogP contribution in [0.1, 0.15) is 33.1 Å². The van der Waals surface area contributed by atoms with Gasteiger partial charge in [-0.15, -0.1) is 0 Å². The molecule has 5 aromatic rings. The summed E-state index contributed by atoms with van der Waals surface area (Å²) >= 11 is 0. The Morgan fingerprint density at radius 2 is 1.41 bits per heavy atom. The Kier molecular flexibility index (Phi) is 6.08. The molecule has 1 heterocycles. The second kappa shape index (κ2) is 9.63. The molecule has 0 unspecified atom stereocenters. The van der Waals surface area contributed by atoms with Crippen LogP contribution in [0.2, 0.25) is 0 Å². The van der Waals surface area contributed by atoms with E-state index >= 15 is 0 Å². The van der Waals surface area contributed by atoms with Crippen LogP contribution in [0.25, 0.3) is 11.0 Å². The number of hydrogen-bond donors (Lipinski definition) is 2. The zero-order valence-corrected chi connectivity index (χ0v) is 18.6. The molecular formula is C29H25N3O2. The molecule has 0 bridgehead atoms. The first-order chi connectivity index (χ1) is 16.7. The molecule has 0 fully saturated rings. The molecule has 1 aromatic heterocycles. The summed E-state index contributed by atoms with van der Waals surface area (Å²) < 4.78 is 2.09. The Labute approximate surface area is 198 Å². The van der Waals surface area contributed by atoms with Gasteiger partial charge in [0, 0.05) is 6.54 Å². The highest BCUT2D eigenvalue weighted by atomic mass is 16.4. The number of aromatic carboxylic acids is 1. The number of carboxylic acid groups (broad SMARTS) is 1. The van der Waals surface area contributed by atoms with Crippen LogP contribution in [0.3, 0.4) is 0 Å². The van der Waals surface area contributed by atoms with Gasteiger partial charge in [-0.2, -0.15) is 0 Å². The maximum Gasteiger partial charge on any atom is 0.335 e. The van der Waals surface area contributed by atoms with E-state index < -0.39 is 5.97 Å². The van der Waals surface area contributed by atoms with Crippen molar-refractivity contribution in [1.29, 1.82) is 0 Å². The van der Waals surface area contributed by atoms with Crippen LogP contribution in [0, 0.1) is 0 Å². The van der Waals surface area contributed by atoms with Gasteiger partial charge in [0.25, 0.3) is 0 Å². The van der Waals surface area contributed by atoms with Gasteiger partial charge >= 0.3 is 5.97 Å². The van der Waals surface area contributed by atoms with E-state index in [1.807, 2.05) is 54.6 Å². The average Bonchev–Trinajstić information content (AvgIpc) is 3.24. The molecular weight excluding hydrogens is 422 g/mol. The van der Waals surface area contributed by atoms with Crippen LogP contribution in [-0.2, 0) is 13.0 Å². The molecule has 0 radical (unpaired) electrons. The number of imidazole rings is 1. The van der Waals surface area contributed by atoms with E-state index in [2.05, 4.69) is 46.3 Å². The van der Waals surface area contributed by atoms with E-state index in [9.17, 15) is 9.90 Å². The minimum atomic E-state index is -0.946. The van der Waals surface area contributed by atoms with Gasteiger partial charge in [-0.1, -0.05) is 91.0 Å². The van der Waals surface area contributed by atoms with Gasteiger partial charge in [-0.3, -0.25) is 0 Å². The number of anilines is 1. The molecule has 0 aliphatic heterocycles. The van der Waals surface area contributed by atoms with Crippen LogP contribution in [-0.4, -0.2) is 20.6 Å². The number of aryl methyl sites for hydroxylation is 2. The van der Waals surface area contributed by atoms with Crippen LogP contribution in [0.15, 0.2) is 109 Å². The minimum Gasteiger partial charge on any atom is -0.478 e. The Morgan fingerprint density at radius 1 is 0.824 bits per heavy atom. The molecule has 168 valence electrons. The molecule has 0 spiro atoms. The summed E-state index contributed by atoms with van der Waals surface area (Å²) in [5, 5.41) is 13.2. The molecule has 0 saturated carbocycles. The number of fused-ring (bicyclic) bond motifs is 1. The summed E-state index contributed by atoms with van der Waals surface area (Å²) in [4.78, 5) is 16.5. The standard InChI is InChI=1S/C29H25N3O2/c33-28(34)24-16-17-25-26(20-24)32(19-18-21-10-4-1-5-11-21)29(30-25)31-27(22-12-6-2-7-13-22)23-14-8-3-9-15-23/h1-17,20,27H,18-19H2,(H,30,31)(H,33,34). The van der Waals surface area contributed by atoms with E-state index in [4.69, 9.17) is 4.98 Å². The number of carboxylic acids is 1. The van der Waals surface area contributed by atoms with Crippen molar-refractivity contribution in [2.45, 2.75) is 19.0 Å². The number of nitrogens with one attached hydrogen (secondary N) is 1. The number of hydrogen-bond acceptors (Lipinski definition) is 3. The molecule has 0 amide bonds. The van der Waals surface area contributed by atoms with Crippen LogP contribution in [0.5, 0.6) is 0 Å². The van der Waals surface area contributed by atoms with Gasteiger partial charge in [0.15, 0.2) is 0 Å². The molecule has 5 rings (SSSR count). The minimum absolute atomic E-state index is 0.103. The summed E-state index contributed by atoms with van der Waals surface area (Å²) in [6, 6.07) is 35.8. The fourth-order valence-electron chi connectivity index (χ4n) is 4.26. The molecule has 4 aromatic carbocycles. The molecule has 0 aliphatic rings. The van der Waals surface area contributed by atoms with Gasteiger partial charge in [-0.05, 0) is 41.3 Å². The van der Waals surface area contributed by atoms with Gasteiger partial charge in [0.1, 0.15) is 0 Å². The van der Waals surface area contributed by atoms with E-state index in [1.54, 1.807) is 18.2 Å². The van der Waals surface area contributed by atoms with E-state index in [0.29, 0.717) is 12.5 Å². The number of carbonyl (C=O) groups is 1. The van der Waals surface area contributed by atoms with Crippen molar-refractivity contribution in [3.8, 4) is 0 Å². The summed E-state index contributed by atoms with van der Waals surface area (Å²) in [6.07, 6.45) is 0.805. The van der Waals surface area contributed by atoms with Gasteiger partial charge in [0.05, 0.1) is 22.6 Å². The van der Waals surface area contributed by atoms with Crippen molar-refractivity contribution in [2.75, 3.05) is 5.32 Å². The highest BCUT2D eigenvalue weighted by molar-refractivity contribution is 5.93. The highest BCUT2D eigenvalue weighted by Gasteiger charge is 2.19. The third kappa shape index (κ3) is 4.55. The Bertz CT molecular complexity index is 1360. The zero-order chi connectivity index (χ0) is 23.3. The molecule has 0 saturated heterocycles. The van der Waals surface area contributed by atoms with Crippen molar-refractivity contribution in [3.05, 3.63) is 131 Å². The van der Waals surface area contributed by atoms with E-state index in [0.717, 1.165) is 28.6 Å². The molecule has 0 aliphatic carbocycles. The fourth-order valence-corrected chi connectivity index (χ4v) is 4.26. The lowest BCUT2D eigenvalue weighted by atomic mass is 9.99. The summed E-state index contributed by atoms with van der Waals surface area (Å²) in [6.45, 7) is 0.669. The normalized spacial score (nSPS) is 11.1. The second-order valence-electron chi connectivity index (χ2n) is 8.23. The second-order valence-corrected chi connectivity index (χ2v) is 8.23. The maximum atomic E-state index is 11.6. The summed E-state index contributed by atoms with van der Waals surface area (Å²) in [5.74, 6) is -0.232. The Balaban J connectivity index is 1.58. The zero-order valence-electron chi connectivity index (χ0n) is 18.6. The SMILES string of the molecule is O=C(O)c1ccc2nc(NC(c3ccccc3)c3ccccc3)n(CCc3ccccc3)c2c1. The third-order valence-electron chi connectivity index (χ3n) is 6.00. The van der Waals surface area contributed by atoms with E-state index in [1.165, 1.54) is 5.56 Å². The van der Waals surface area contributed by atoms with Crippen molar-refractivity contribution >= 4 is 23.0 Å². The lowest BCUT2D eigenvalue weighted by Crippen LogP contribution is -2.16. The first kappa shape index (κ1) is 21.5. The Morgan fingerprint density at radius 3 is 2.00 bits per heavy atom. The van der Waals surface area contributed by atoms with Crippen LogP contribution in [0.4, 0.5) is 5.95 Å². The number of nitrogens with zero attached hydrogens (tertiary/aromatic N) is 2. The fraction of sp³-hybridized carbons (Fsp3) is 0.103. The maximum absolute atomic E-state index is 11.6. The first-order valence-corrected chi connectivity index (χ1v) is 11.3. The number of rotatable bonds is 8. The topological polar surface area (TPSA) is 67.2 Å². The predicted molar refractivity (Wildman–Crippen MR) is 135 cm³/mol. The number of aromatic nitrogens is 2. The average molecular weight is 448 g/mol. The van der Waals surface area contributed by atoms with Gasteiger partial charge < -0.3 is 15.0 Å². The third-order valence-corrected chi connectivity index (χ3v) is 6.00. The first-order valence-electron chi connectivity index (χ1n) is 11.3.